The molecule has 0 saturated heterocycles. The van der Waals surface area contributed by atoms with Gasteiger partial charge in [-0.25, -0.2) is 0 Å². The number of nitrogens with one attached hydrogen (secondary N) is 1. The van der Waals surface area contributed by atoms with Gasteiger partial charge in [0.2, 0.25) is 0 Å². The van der Waals surface area contributed by atoms with Crippen LogP contribution in [0, 0.1) is 18.3 Å². The number of amides is 2. The van der Waals surface area contributed by atoms with Gasteiger partial charge in [0.15, 0.2) is 4.84 Å². The molecule has 0 aliphatic heterocycles. The maximum absolute atomic E-state index is 12.4. The van der Waals surface area contributed by atoms with E-state index in [-0.39, 0.29) is 11.5 Å². The molecule has 5 nitrogen and oxygen atoms in total. The van der Waals surface area contributed by atoms with Crippen LogP contribution in [0.25, 0.3) is 0 Å². The van der Waals surface area contributed by atoms with Gasteiger partial charge in [-0.3, -0.25) is 9.59 Å². The lowest BCUT2D eigenvalue weighted by molar-refractivity contribution is -0.114. The zero-order valence-electron chi connectivity index (χ0n) is 11.9. The molecule has 0 aliphatic carbocycles. The van der Waals surface area contributed by atoms with Crippen LogP contribution >= 0.6 is 34.5 Å². The summed E-state index contributed by atoms with van der Waals surface area (Å²) in [6.07, 6.45) is 0. The van der Waals surface area contributed by atoms with Gasteiger partial charge in [0.25, 0.3) is 11.8 Å². The third-order valence-corrected chi connectivity index (χ3v) is 4.53. The number of alkyl halides is 2. The van der Waals surface area contributed by atoms with Gasteiger partial charge in [0, 0.05) is 13.1 Å². The van der Waals surface area contributed by atoms with E-state index < -0.39 is 10.7 Å². The second-order valence-electron chi connectivity index (χ2n) is 4.14. The number of thiophene rings is 1. The van der Waals surface area contributed by atoms with Gasteiger partial charge in [-0.05, 0) is 26.3 Å². The van der Waals surface area contributed by atoms with Gasteiger partial charge in [0.05, 0.1) is 10.4 Å². The lowest BCUT2D eigenvalue weighted by Gasteiger charge is -2.17. The highest BCUT2D eigenvalue weighted by atomic mass is 35.5. The Morgan fingerprint density at radius 3 is 2.38 bits per heavy atom. The Hall–Kier alpha value is -1.29. The number of carbonyl (C=O) groups excluding carboxylic acids is 2. The average Bonchev–Trinajstić information content (AvgIpc) is 2.75. The van der Waals surface area contributed by atoms with E-state index in [1.807, 2.05) is 19.9 Å². The van der Waals surface area contributed by atoms with E-state index in [9.17, 15) is 14.9 Å². The molecule has 0 aliphatic rings. The van der Waals surface area contributed by atoms with Crippen LogP contribution in [0.15, 0.2) is 0 Å². The van der Waals surface area contributed by atoms with Crippen molar-refractivity contribution in [3.63, 3.8) is 0 Å². The van der Waals surface area contributed by atoms with Gasteiger partial charge < -0.3 is 10.2 Å². The molecule has 1 rings (SSSR count). The Morgan fingerprint density at radius 1 is 1.38 bits per heavy atom. The Morgan fingerprint density at radius 2 is 1.95 bits per heavy atom. The third-order valence-electron chi connectivity index (χ3n) is 2.94. The monoisotopic (exact) mass is 347 g/mol. The molecule has 1 aromatic heterocycles. The Balaban J connectivity index is 3.20. The fourth-order valence-electron chi connectivity index (χ4n) is 1.76. The van der Waals surface area contributed by atoms with Crippen molar-refractivity contribution in [1.29, 1.82) is 5.26 Å². The van der Waals surface area contributed by atoms with E-state index in [0.717, 1.165) is 11.3 Å². The molecule has 1 heterocycles. The molecule has 0 aromatic carbocycles. The van der Waals surface area contributed by atoms with Crippen LogP contribution in [0.5, 0.6) is 0 Å². The minimum atomic E-state index is -1.24. The number of carbonyl (C=O) groups is 2. The second-order valence-corrected chi connectivity index (χ2v) is 6.26. The number of hydrogen-bond acceptors (Lipinski definition) is 4. The zero-order valence-corrected chi connectivity index (χ0v) is 14.2. The first-order valence-electron chi connectivity index (χ1n) is 6.29. The van der Waals surface area contributed by atoms with Crippen LogP contribution in [-0.4, -0.2) is 34.6 Å². The van der Waals surface area contributed by atoms with Crippen LogP contribution in [0.4, 0.5) is 5.00 Å². The molecule has 1 N–H and O–H groups in total. The van der Waals surface area contributed by atoms with Crippen molar-refractivity contribution >= 4 is 51.4 Å². The maximum Gasteiger partial charge on any atom is 0.264 e. The number of halogens is 2. The zero-order chi connectivity index (χ0) is 16.2. The molecule has 0 atom stereocenters. The minimum absolute atomic E-state index is 0.159. The van der Waals surface area contributed by atoms with Crippen molar-refractivity contribution in [2.75, 3.05) is 18.4 Å². The standard InChI is InChI=1S/C13H15Cl2N3O2S/c1-4-18(5-2)13(20)9-7(3)8(6-16)12(21-9)17-11(19)10(14)15/h10H,4-5H2,1-3H3,(H,17,19). The molecule has 114 valence electrons. The normalized spacial score (nSPS) is 10.3. The van der Waals surface area contributed by atoms with Gasteiger partial charge in [-0.1, -0.05) is 23.2 Å². The first-order valence-corrected chi connectivity index (χ1v) is 7.97. The van der Waals surface area contributed by atoms with Crippen molar-refractivity contribution in [2.24, 2.45) is 0 Å². The molecule has 0 unspecified atom stereocenters. The van der Waals surface area contributed by atoms with Crippen LogP contribution in [0.2, 0.25) is 0 Å². The second kappa shape index (κ2) is 7.64. The van der Waals surface area contributed by atoms with Crippen molar-refractivity contribution in [3.8, 4) is 6.07 Å². The molecule has 2 amide bonds. The summed E-state index contributed by atoms with van der Waals surface area (Å²) in [7, 11) is 0. The van der Waals surface area contributed by atoms with E-state index in [0.29, 0.717) is 28.5 Å². The first-order chi connectivity index (χ1) is 9.87. The molecule has 0 fully saturated rings. The number of rotatable bonds is 5. The van der Waals surface area contributed by atoms with Gasteiger partial charge in [-0.2, -0.15) is 5.26 Å². The number of anilines is 1. The van der Waals surface area contributed by atoms with Crippen LogP contribution in [0.3, 0.4) is 0 Å². The van der Waals surface area contributed by atoms with Crippen LogP contribution in [-0.2, 0) is 4.79 Å². The van der Waals surface area contributed by atoms with Crippen LogP contribution in [0.1, 0.15) is 34.6 Å². The molecular formula is C13H15Cl2N3O2S. The first kappa shape index (κ1) is 17.8. The summed E-state index contributed by atoms with van der Waals surface area (Å²) in [5.74, 6) is -0.786. The summed E-state index contributed by atoms with van der Waals surface area (Å²) in [6.45, 7) is 6.58. The van der Waals surface area contributed by atoms with Gasteiger partial charge in [0.1, 0.15) is 11.1 Å². The average molecular weight is 348 g/mol. The predicted molar refractivity (Wildman–Crippen MR) is 85.1 cm³/mol. The summed E-state index contributed by atoms with van der Waals surface area (Å²) in [4.78, 5) is 24.8. The molecule has 8 heteroatoms. The van der Waals surface area contributed by atoms with E-state index in [2.05, 4.69) is 5.32 Å². The lowest BCUT2D eigenvalue weighted by Crippen LogP contribution is -2.30. The Labute approximate surface area is 137 Å². The summed E-state index contributed by atoms with van der Waals surface area (Å²) in [6, 6.07) is 2.00. The largest absolute Gasteiger partial charge is 0.338 e. The number of nitriles is 1. The molecule has 0 bridgehead atoms. The maximum atomic E-state index is 12.4. The summed E-state index contributed by atoms with van der Waals surface area (Å²) >= 11 is 12.0. The van der Waals surface area contributed by atoms with E-state index >= 15 is 0 Å². The molecule has 21 heavy (non-hydrogen) atoms. The smallest absolute Gasteiger partial charge is 0.264 e. The Kier molecular flexibility index (Phi) is 6.46. The highest BCUT2D eigenvalue weighted by molar-refractivity contribution is 7.18. The lowest BCUT2D eigenvalue weighted by atomic mass is 10.1. The van der Waals surface area contributed by atoms with Gasteiger partial charge >= 0.3 is 0 Å². The third kappa shape index (κ3) is 3.88. The van der Waals surface area contributed by atoms with Gasteiger partial charge in [-0.15, -0.1) is 11.3 Å². The molecular weight excluding hydrogens is 333 g/mol. The van der Waals surface area contributed by atoms with Crippen molar-refractivity contribution in [2.45, 2.75) is 25.6 Å². The highest BCUT2D eigenvalue weighted by Crippen LogP contribution is 2.33. The van der Waals surface area contributed by atoms with E-state index in [1.54, 1.807) is 11.8 Å². The number of hydrogen-bond donors (Lipinski definition) is 1. The number of nitrogens with zero attached hydrogens (tertiary/aromatic N) is 2. The predicted octanol–water partition coefficient (Wildman–Crippen LogP) is 3.15. The SMILES string of the molecule is CCN(CC)C(=O)c1sc(NC(=O)C(Cl)Cl)c(C#N)c1C. The molecule has 0 radical (unpaired) electrons. The summed E-state index contributed by atoms with van der Waals surface area (Å²) < 4.78 is 0. The highest BCUT2D eigenvalue weighted by Gasteiger charge is 2.24. The summed E-state index contributed by atoms with van der Waals surface area (Å²) in [5.41, 5.74) is 0.813. The van der Waals surface area contributed by atoms with Crippen molar-refractivity contribution < 1.29 is 9.59 Å². The van der Waals surface area contributed by atoms with Crippen molar-refractivity contribution in [1.82, 2.24) is 4.90 Å². The minimum Gasteiger partial charge on any atom is -0.338 e. The fraction of sp³-hybridized carbons (Fsp3) is 0.462. The topological polar surface area (TPSA) is 73.2 Å². The van der Waals surface area contributed by atoms with E-state index in [1.165, 1.54) is 0 Å². The quantitative estimate of drug-likeness (QED) is 0.831. The molecule has 0 saturated carbocycles. The summed E-state index contributed by atoms with van der Waals surface area (Å²) in [5, 5.41) is 12.0. The molecule has 0 spiro atoms. The Bertz CT molecular complexity index is 589. The van der Waals surface area contributed by atoms with E-state index in [4.69, 9.17) is 23.2 Å². The molecule has 1 aromatic rings. The van der Waals surface area contributed by atoms with Crippen LogP contribution < -0.4 is 5.32 Å². The fourth-order valence-corrected chi connectivity index (χ4v) is 3.00. The van der Waals surface area contributed by atoms with Crippen molar-refractivity contribution in [3.05, 3.63) is 16.0 Å².